The van der Waals surface area contributed by atoms with Gasteiger partial charge in [-0.2, -0.15) is 0 Å². The lowest BCUT2D eigenvalue weighted by atomic mass is 9.96. The first-order chi connectivity index (χ1) is 8.95. The monoisotopic (exact) mass is 279 g/mol. The van der Waals surface area contributed by atoms with E-state index >= 15 is 0 Å². The van der Waals surface area contributed by atoms with Crippen molar-refractivity contribution in [3.05, 3.63) is 29.3 Å². The van der Waals surface area contributed by atoms with Crippen LogP contribution in [0.25, 0.3) is 0 Å². The molecule has 0 heterocycles. The minimum Gasteiger partial charge on any atom is -0.208 e. The first kappa shape index (κ1) is 13.1. The molecule has 2 bridgehead atoms. The van der Waals surface area contributed by atoms with Gasteiger partial charge in [0.25, 0.3) is 0 Å². The summed E-state index contributed by atoms with van der Waals surface area (Å²) >= 11 is 0. The lowest BCUT2D eigenvalue weighted by Crippen LogP contribution is -2.38. The van der Waals surface area contributed by atoms with Crippen LogP contribution in [0.3, 0.4) is 0 Å². The summed E-state index contributed by atoms with van der Waals surface area (Å²) in [5, 5.41) is 0. The number of hydrogen-bond donors (Lipinski definition) is 1. The van der Waals surface area contributed by atoms with Crippen molar-refractivity contribution in [2.75, 3.05) is 0 Å². The fourth-order valence-corrected chi connectivity index (χ4v) is 5.30. The molecule has 2 aliphatic rings. The molecular weight excluding hydrogens is 258 g/mol. The molecule has 19 heavy (non-hydrogen) atoms. The van der Waals surface area contributed by atoms with Gasteiger partial charge in [0.1, 0.15) is 0 Å². The van der Waals surface area contributed by atoms with Gasteiger partial charge in [0.05, 0.1) is 4.90 Å². The van der Waals surface area contributed by atoms with Crippen molar-refractivity contribution in [3.63, 3.8) is 0 Å². The second kappa shape index (κ2) is 4.60. The van der Waals surface area contributed by atoms with Gasteiger partial charge >= 0.3 is 0 Å². The van der Waals surface area contributed by atoms with Crippen molar-refractivity contribution in [2.24, 2.45) is 11.8 Å². The predicted octanol–water partition coefficient (Wildman–Crippen LogP) is 2.77. The van der Waals surface area contributed by atoms with Crippen LogP contribution < -0.4 is 4.72 Å². The highest BCUT2D eigenvalue weighted by Gasteiger charge is 2.41. The van der Waals surface area contributed by atoms with Gasteiger partial charge in [0.2, 0.25) is 10.0 Å². The van der Waals surface area contributed by atoms with Gasteiger partial charge in [0.15, 0.2) is 0 Å². The van der Waals surface area contributed by atoms with Gasteiger partial charge in [0, 0.05) is 6.04 Å². The van der Waals surface area contributed by atoms with Crippen molar-refractivity contribution in [2.45, 2.75) is 50.5 Å². The average Bonchev–Trinajstić information content (AvgIpc) is 2.93. The number of hydrogen-bond acceptors (Lipinski definition) is 2. The lowest BCUT2D eigenvalue weighted by molar-refractivity contribution is 0.390. The zero-order valence-corrected chi connectivity index (χ0v) is 12.3. The van der Waals surface area contributed by atoms with E-state index in [4.69, 9.17) is 0 Å². The van der Waals surface area contributed by atoms with Gasteiger partial charge in [-0.3, -0.25) is 0 Å². The summed E-state index contributed by atoms with van der Waals surface area (Å²) in [5.41, 5.74) is 1.81. The Hall–Kier alpha value is -0.870. The molecule has 0 aromatic heterocycles. The van der Waals surface area contributed by atoms with Crippen molar-refractivity contribution in [1.82, 2.24) is 4.72 Å². The molecule has 0 unspecified atom stereocenters. The Morgan fingerprint density at radius 3 is 2.58 bits per heavy atom. The van der Waals surface area contributed by atoms with Gasteiger partial charge in [-0.15, -0.1) is 0 Å². The highest BCUT2D eigenvalue weighted by atomic mass is 32.2. The van der Waals surface area contributed by atoms with E-state index in [1.807, 2.05) is 26.0 Å². The molecule has 0 amide bonds. The maximum atomic E-state index is 12.5. The van der Waals surface area contributed by atoms with Crippen molar-refractivity contribution < 1.29 is 8.42 Å². The molecule has 0 spiro atoms. The summed E-state index contributed by atoms with van der Waals surface area (Å²) in [6.07, 6.45) is 4.70. The number of aryl methyl sites for hydroxylation is 2. The van der Waals surface area contributed by atoms with E-state index in [0.717, 1.165) is 23.5 Å². The van der Waals surface area contributed by atoms with Crippen molar-refractivity contribution >= 4 is 10.0 Å². The van der Waals surface area contributed by atoms with Crippen LogP contribution in [0.5, 0.6) is 0 Å². The second-order valence-electron chi connectivity index (χ2n) is 6.17. The van der Waals surface area contributed by atoms with Gasteiger partial charge < -0.3 is 0 Å². The van der Waals surface area contributed by atoms with E-state index in [1.165, 1.54) is 19.3 Å². The molecule has 0 radical (unpaired) electrons. The van der Waals surface area contributed by atoms with Gasteiger partial charge in [-0.05, 0) is 62.1 Å². The normalized spacial score (nSPS) is 29.9. The second-order valence-corrected chi connectivity index (χ2v) is 7.85. The molecule has 4 heteroatoms. The number of sulfonamides is 1. The van der Waals surface area contributed by atoms with Gasteiger partial charge in [-0.1, -0.05) is 18.6 Å². The number of fused-ring (bicyclic) bond motifs is 2. The van der Waals surface area contributed by atoms with Crippen LogP contribution >= 0.6 is 0 Å². The molecule has 0 aliphatic heterocycles. The quantitative estimate of drug-likeness (QED) is 0.924. The molecule has 1 aromatic rings. The molecule has 3 atom stereocenters. The average molecular weight is 279 g/mol. The molecule has 2 fully saturated rings. The van der Waals surface area contributed by atoms with Crippen LogP contribution in [0.4, 0.5) is 0 Å². The fourth-order valence-electron chi connectivity index (χ4n) is 3.65. The predicted molar refractivity (Wildman–Crippen MR) is 75.5 cm³/mol. The van der Waals surface area contributed by atoms with E-state index < -0.39 is 10.0 Å². The van der Waals surface area contributed by atoms with Crippen molar-refractivity contribution in [3.8, 4) is 0 Å². The number of rotatable bonds is 3. The van der Waals surface area contributed by atoms with E-state index in [9.17, 15) is 8.42 Å². The summed E-state index contributed by atoms with van der Waals surface area (Å²) in [5.74, 6) is 1.31. The molecular formula is C15H21NO2S. The fraction of sp³-hybridized carbons (Fsp3) is 0.600. The van der Waals surface area contributed by atoms with E-state index in [1.54, 1.807) is 6.07 Å². The van der Waals surface area contributed by atoms with Crippen LogP contribution in [0, 0.1) is 25.7 Å². The topological polar surface area (TPSA) is 46.2 Å². The molecule has 1 aromatic carbocycles. The van der Waals surface area contributed by atoms with Crippen LogP contribution in [-0.4, -0.2) is 14.5 Å². The minimum absolute atomic E-state index is 0.156. The Balaban J connectivity index is 1.85. The third-order valence-corrected chi connectivity index (χ3v) is 6.31. The van der Waals surface area contributed by atoms with E-state index in [0.29, 0.717) is 10.8 Å². The Kier molecular flexibility index (Phi) is 3.18. The lowest BCUT2D eigenvalue weighted by Gasteiger charge is -2.23. The van der Waals surface area contributed by atoms with Crippen molar-refractivity contribution in [1.29, 1.82) is 0 Å². The zero-order valence-electron chi connectivity index (χ0n) is 11.5. The summed E-state index contributed by atoms with van der Waals surface area (Å²) in [6, 6.07) is 5.75. The summed E-state index contributed by atoms with van der Waals surface area (Å²) in [4.78, 5) is 0.440. The van der Waals surface area contributed by atoms with Crippen LogP contribution in [0.1, 0.15) is 36.8 Å². The third kappa shape index (κ3) is 2.43. The first-order valence-corrected chi connectivity index (χ1v) is 8.53. The molecule has 104 valence electrons. The summed E-state index contributed by atoms with van der Waals surface area (Å²) in [7, 11) is -3.37. The molecule has 1 N–H and O–H groups in total. The Morgan fingerprint density at radius 1 is 1.16 bits per heavy atom. The minimum atomic E-state index is -3.37. The SMILES string of the molecule is Cc1ccc(C)c(S(=O)(=O)N[C@H]2C[C@@H]3CC[C@@H]2C3)c1. The molecule has 3 rings (SSSR count). The zero-order chi connectivity index (χ0) is 13.6. The summed E-state index contributed by atoms with van der Waals surface area (Å²) in [6.45, 7) is 3.78. The maximum absolute atomic E-state index is 12.5. The molecule has 2 aliphatic carbocycles. The molecule has 2 saturated carbocycles. The number of benzene rings is 1. The summed E-state index contributed by atoms with van der Waals surface area (Å²) < 4.78 is 28.0. The molecule has 3 nitrogen and oxygen atoms in total. The van der Waals surface area contributed by atoms with Crippen LogP contribution in [-0.2, 0) is 10.0 Å². The highest BCUT2D eigenvalue weighted by Crippen LogP contribution is 2.44. The van der Waals surface area contributed by atoms with E-state index in [2.05, 4.69) is 4.72 Å². The standard InChI is InChI=1S/C15H21NO2S/c1-10-3-4-11(2)15(7-10)19(17,18)16-14-9-12-5-6-13(14)8-12/h3-4,7,12-14,16H,5-6,8-9H2,1-2H3/t12-,13-,14+/m1/s1. The smallest absolute Gasteiger partial charge is 0.208 e. The number of nitrogens with one attached hydrogen (secondary N) is 1. The Morgan fingerprint density at radius 2 is 1.95 bits per heavy atom. The largest absolute Gasteiger partial charge is 0.241 e. The Labute approximate surface area is 115 Å². The first-order valence-electron chi connectivity index (χ1n) is 7.05. The van der Waals surface area contributed by atoms with Crippen LogP contribution in [0.15, 0.2) is 23.1 Å². The van der Waals surface area contributed by atoms with Gasteiger partial charge in [-0.25, -0.2) is 13.1 Å². The maximum Gasteiger partial charge on any atom is 0.241 e. The molecule has 0 saturated heterocycles. The van der Waals surface area contributed by atoms with E-state index in [-0.39, 0.29) is 6.04 Å². The van der Waals surface area contributed by atoms with Crippen LogP contribution in [0.2, 0.25) is 0 Å². The Bertz CT molecular complexity index is 594. The third-order valence-electron chi connectivity index (χ3n) is 4.68. The highest BCUT2D eigenvalue weighted by molar-refractivity contribution is 7.89.